The van der Waals surface area contributed by atoms with Crippen molar-refractivity contribution in [2.45, 2.75) is 44.7 Å². The lowest BCUT2D eigenvalue weighted by atomic mass is 10.1. The third-order valence-corrected chi connectivity index (χ3v) is 5.55. The number of hydrogen-bond donors (Lipinski definition) is 0. The van der Waals surface area contributed by atoms with Gasteiger partial charge in [0.15, 0.2) is 5.82 Å². The summed E-state index contributed by atoms with van der Waals surface area (Å²) < 4.78 is 18.6. The van der Waals surface area contributed by atoms with Crippen molar-refractivity contribution in [1.82, 2.24) is 19.9 Å². The number of halogens is 1. The van der Waals surface area contributed by atoms with E-state index in [1.807, 2.05) is 12.1 Å². The molecule has 134 valence electrons. The summed E-state index contributed by atoms with van der Waals surface area (Å²) in [5, 5.41) is 4.13. The first-order valence-corrected chi connectivity index (χ1v) is 9.19. The number of rotatable bonds is 5. The fraction of sp³-hybridized carbons (Fsp3) is 0.579. The van der Waals surface area contributed by atoms with Gasteiger partial charge in [-0.2, -0.15) is 4.98 Å². The molecule has 1 saturated carbocycles. The van der Waals surface area contributed by atoms with Crippen LogP contribution in [0.4, 0.5) is 4.39 Å². The maximum absolute atomic E-state index is 13.1. The van der Waals surface area contributed by atoms with Crippen LogP contribution in [-0.4, -0.2) is 46.1 Å². The zero-order chi connectivity index (χ0) is 17.4. The first-order chi connectivity index (χ1) is 12.1. The Morgan fingerprint density at radius 1 is 1.00 bits per heavy atom. The Labute approximate surface area is 147 Å². The van der Waals surface area contributed by atoms with Gasteiger partial charge in [-0.3, -0.25) is 9.80 Å². The molecule has 2 heterocycles. The fourth-order valence-corrected chi connectivity index (χ4v) is 3.54. The molecule has 2 atom stereocenters. The molecule has 2 aliphatic rings. The third-order valence-electron chi connectivity index (χ3n) is 5.55. The number of benzene rings is 1. The maximum Gasteiger partial charge on any atom is 0.243 e. The Kier molecular flexibility index (Phi) is 4.56. The van der Waals surface area contributed by atoms with Crippen LogP contribution in [0.3, 0.4) is 0 Å². The molecule has 6 heteroatoms. The van der Waals surface area contributed by atoms with Gasteiger partial charge in [-0.25, -0.2) is 4.39 Å². The van der Waals surface area contributed by atoms with E-state index in [1.165, 1.54) is 25.0 Å². The lowest BCUT2D eigenvalue weighted by molar-refractivity contribution is 0.0677. The molecule has 1 aliphatic heterocycles. The Hall–Kier alpha value is -1.79. The van der Waals surface area contributed by atoms with Gasteiger partial charge in [-0.15, -0.1) is 0 Å². The highest BCUT2D eigenvalue weighted by atomic mass is 19.1. The number of nitrogens with zero attached hydrogens (tertiary/aromatic N) is 4. The summed E-state index contributed by atoms with van der Waals surface area (Å²) in [7, 11) is 0. The van der Waals surface area contributed by atoms with Crippen molar-refractivity contribution in [3.8, 4) is 0 Å². The fourth-order valence-electron chi connectivity index (χ4n) is 3.54. The van der Waals surface area contributed by atoms with E-state index in [0.717, 1.165) is 43.5 Å². The largest absolute Gasteiger partial charge is 0.338 e. The molecule has 5 nitrogen and oxygen atoms in total. The minimum Gasteiger partial charge on any atom is -0.338 e. The Morgan fingerprint density at radius 2 is 1.60 bits per heavy atom. The zero-order valence-corrected chi connectivity index (χ0v) is 14.9. The van der Waals surface area contributed by atoms with Gasteiger partial charge in [0.1, 0.15) is 5.82 Å². The van der Waals surface area contributed by atoms with E-state index in [0.29, 0.717) is 12.0 Å². The number of aromatic nitrogens is 2. The van der Waals surface area contributed by atoms with Crippen LogP contribution in [0.5, 0.6) is 0 Å². The highest BCUT2D eigenvalue weighted by Gasteiger charge is 2.32. The van der Waals surface area contributed by atoms with Crippen molar-refractivity contribution in [3.63, 3.8) is 0 Å². The summed E-state index contributed by atoms with van der Waals surface area (Å²) >= 11 is 0. The molecule has 2 aromatic rings. The molecule has 0 spiro atoms. The van der Waals surface area contributed by atoms with Gasteiger partial charge in [0.05, 0.1) is 6.04 Å². The van der Waals surface area contributed by atoms with Crippen LogP contribution >= 0.6 is 0 Å². The molecule has 2 unspecified atom stereocenters. The lowest BCUT2D eigenvalue weighted by Crippen LogP contribution is -2.47. The Balaban J connectivity index is 1.34. The normalized spacial score (nSPS) is 22.0. The van der Waals surface area contributed by atoms with E-state index in [-0.39, 0.29) is 11.9 Å². The summed E-state index contributed by atoms with van der Waals surface area (Å²) in [5.74, 6) is 1.96. The van der Waals surface area contributed by atoms with Gasteiger partial charge in [-0.1, -0.05) is 17.3 Å². The van der Waals surface area contributed by atoms with Gasteiger partial charge in [-0.05, 0) is 44.4 Å². The summed E-state index contributed by atoms with van der Waals surface area (Å²) in [6.07, 6.45) is 2.38. The quantitative estimate of drug-likeness (QED) is 0.830. The van der Waals surface area contributed by atoms with Crippen molar-refractivity contribution in [2.24, 2.45) is 0 Å². The summed E-state index contributed by atoms with van der Waals surface area (Å²) in [5.41, 5.74) is 1.16. The van der Waals surface area contributed by atoms with Crippen LogP contribution in [0.1, 0.15) is 62.0 Å². The Bertz CT molecular complexity index is 704. The predicted molar refractivity (Wildman–Crippen MR) is 92.6 cm³/mol. The van der Waals surface area contributed by atoms with E-state index in [2.05, 4.69) is 33.8 Å². The molecule has 1 aromatic carbocycles. The predicted octanol–water partition coefficient (Wildman–Crippen LogP) is 3.53. The smallest absolute Gasteiger partial charge is 0.243 e. The van der Waals surface area contributed by atoms with Crippen LogP contribution < -0.4 is 0 Å². The van der Waals surface area contributed by atoms with Crippen LogP contribution in [-0.2, 0) is 0 Å². The van der Waals surface area contributed by atoms with E-state index < -0.39 is 0 Å². The van der Waals surface area contributed by atoms with Crippen molar-refractivity contribution in [1.29, 1.82) is 0 Å². The molecule has 1 aromatic heterocycles. The molecule has 0 bridgehead atoms. The minimum absolute atomic E-state index is 0.156. The van der Waals surface area contributed by atoms with Crippen LogP contribution in [0.15, 0.2) is 28.8 Å². The van der Waals surface area contributed by atoms with Gasteiger partial charge < -0.3 is 4.52 Å². The molecule has 0 amide bonds. The highest BCUT2D eigenvalue weighted by Crippen LogP contribution is 2.38. The molecule has 2 fully saturated rings. The molecule has 25 heavy (non-hydrogen) atoms. The van der Waals surface area contributed by atoms with Gasteiger partial charge in [0.2, 0.25) is 5.89 Å². The average Bonchev–Trinajstić information content (AvgIpc) is 3.38. The molecule has 1 saturated heterocycles. The summed E-state index contributed by atoms with van der Waals surface area (Å²) in [6.45, 7) is 8.22. The topological polar surface area (TPSA) is 45.4 Å². The SMILES string of the molecule is CC(c1ccc(F)cc1)N1CCN(C(C)c2nc(C3CC3)no2)CC1. The second kappa shape index (κ2) is 6.84. The second-order valence-electron chi connectivity index (χ2n) is 7.24. The van der Waals surface area contributed by atoms with Crippen molar-refractivity contribution >= 4 is 0 Å². The number of hydrogen-bond acceptors (Lipinski definition) is 5. The van der Waals surface area contributed by atoms with Crippen molar-refractivity contribution in [3.05, 3.63) is 47.4 Å². The monoisotopic (exact) mass is 344 g/mol. The van der Waals surface area contributed by atoms with Crippen LogP contribution in [0.2, 0.25) is 0 Å². The second-order valence-corrected chi connectivity index (χ2v) is 7.24. The maximum atomic E-state index is 13.1. The molecular formula is C19H25FN4O. The standard InChI is InChI=1S/C19H25FN4O/c1-13(15-5-7-17(20)8-6-15)23-9-11-24(12-10-23)14(2)19-21-18(22-25-19)16-3-4-16/h5-8,13-14,16H,3-4,9-12H2,1-2H3. The lowest BCUT2D eigenvalue weighted by Gasteiger charge is -2.39. The summed E-state index contributed by atoms with van der Waals surface area (Å²) in [6, 6.07) is 7.29. The van der Waals surface area contributed by atoms with Gasteiger partial charge in [0, 0.05) is 38.1 Å². The van der Waals surface area contributed by atoms with Crippen LogP contribution in [0, 0.1) is 5.82 Å². The van der Waals surface area contributed by atoms with Crippen molar-refractivity contribution in [2.75, 3.05) is 26.2 Å². The Morgan fingerprint density at radius 3 is 2.20 bits per heavy atom. The molecule has 0 radical (unpaired) electrons. The highest BCUT2D eigenvalue weighted by molar-refractivity contribution is 5.19. The number of piperazine rings is 1. The van der Waals surface area contributed by atoms with Crippen molar-refractivity contribution < 1.29 is 8.91 Å². The molecule has 0 N–H and O–H groups in total. The first kappa shape index (κ1) is 16.7. The molecule has 1 aliphatic carbocycles. The van der Waals surface area contributed by atoms with E-state index >= 15 is 0 Å². The van der Waals surface area contributed by atoms with Crippen LogP contribution in [0.25, 0.3) is 0 Å². The zero-order valence-electron chi connectivity index (χ0n) is 14.9. The first-order valence-electron chi connectivity index (χ1n) is 9.19. The summed E-state index contributed by atoms with van der Waals surface area (Å²) in [4.78, 5) is 9.43. The van der Waals surface area contributed by atoms with E-state index in [4.69, 9.17) is 4.52 Å². The molecular weight excluding hydrogens is 319 g/mol. The minimum atomic E-state index is -0.181. The third kappa shape index (κ3) is 3.60. The van der Waals surface area contributed by atoms with Gasteiger partial charge in [0.25, 0.3) is 0 Å². The van der Waals surface area contributed by atoms with E-state index in [1.54, 1.807) is 0 Å². The average molecular weight is 344 g/mol. The molecule has 4 rings (SSSR count). The van der Waals surface area contributed by atoms with E-state index in [9.17, 15) is 4.39 Å². The van der Waals surface area contributed by atoms with Gasteiger partial charge >= 0.3 is 0 Å².